The van der Waals surface area contributed by atoms with Gasteiger partial charge in [-0.25, -0.2) is 13.2 Å². The minimum Gasteiger partial charge on any atom is -0.372 e. The van der Waals surface area contributed by atoms with Gasteiger partial charge in [0, 0.05) is 36.3 Å². The summed E-state index contributed by atoms with van der Waals surface area (Å²) in [6.45, 7) is 4.92. The summed E-state index contributed by atoms with van der Waals surface area (Å²) in [6, 6.07) is 1.92. The summed E-state index contributed by atoms with van der Waals surface area (Å²) in [5.41, 5.74) is 0.549. The van der Waals surface area contributed by atoms with Crippen LogP contribution in [0.4, 0.5) is 32.0 Å². The lowest BCUT2D eigenvalue weighted by atomic mass is 10.1. The lowest BCUT2D eigenvalue weighted by molar-refractivity contribution is -0.175. The number of hydrogen-bond acceptors (Lipinski definition) is 3. The van der Waals surface area contributed by atoms with Crippen LogP contribution < -0.4 is 5.32 Å². The molecule has 1 amide bonds. The molecule has 4 rings (SSSR count). The van der Waals surface area contributed by atoms with Gasteiger partial charge in [0.15, 0.2) is 11.6 Å². The monoisotopic (exact) mass is 499 g/mol. The van der Waals surface area contributed by atoms with Gasteiger partial charge in [0.2, 0.25) is 0 Å². The highest BCUT2D eigenvalue weighted by atomic mass is 19.4. The Bertz CT molecular complexity index is 1200. The Balaban J connectivity index is 1.34. The highest BCUT2D eigenvalue weighted by Gasteiger charge is 2.56. The molecule has 2 N–H and O–H groups in total. The first kappa shape index (κ1) is 24.9. The number of anilines is 1. The number of rotatable bonds is 8. The first-order valence-electron chi connectivity index (χ1n) is 10.9. The topological polar surface area (TPSA) is 57.4 Å². The Labute approximate surface area is 197 Å². The van der Waals surface area contributed by atoms with Crippen molar-refractivity contribution in [3.05, 3.63) is 65.8 Å². The van der Waals surface area contributed by atoms with Crippen molar-refractivity contribution in [3.8, 4) is 0 Å². The van der Waals surface area contributed by atoms with E-state index in [0.717, 1.165) is 18.2 Å². The van der Waals surface area contributed by atoms with E-state index in [0.29, 0.717) is 13.1 Å². The third-order valence-corrected chi connectivity index (χ3v) is 6.43. The van der Waals surface area contributed by atoms with Gasteiger partial charge in [-0.3, -0.25) is 4.79 Å². The van der Waals surface area contributed by atoms with Crippen LogP contribution in [0.2, 0.25) is 0 Å². The van der Waals surface area contributed by atoms with Crippen LogP contribution >= 0.6 is 0 Å². The van der Waals surface area contributed by atoms with Crippen LogP contribution in [0.15, 0.2) is 54.2 Å². The zero-order chi connectivity index (χ0) is 25.5. The highest BCUT2D eigenvalue weighted by molar-refractivity contribution is 6.10. The minimum absolute atomic E-state index is 0.0108. The predicted octanol–water partition coefficient (Wildman–Crippen LogP) is 5.45. The van der Waals surface area contributed by atoms with E-state index in [2.05, 4.69) is 16.9 Å². The average Bonchev–Trinajstić information content (AvgIpc) is 3.10. The number of allylic oxidation sites excluding steroid dienone is 2. The number of hydrogen-bond donors (Lipinski definition) is 2. The maximum Gasteiger partial charge on any atom is 0.411 e. The number of amides is 1. The summed E-state index contributed by atoms with van der Waals surface area (Å²) in [5.74, 6) is -3.25. The van der Waals surface area contributed by atoms with Gasteiger partial charge >= 0.3 is 6.18 Å². The van der Waals surface area contributed by atoms with Gasteiger partial charge in [0.1, 0.15) is 12.4 Å². The summed E-state index contributed by atoms with van der Waals surface area (Å²) >= 11 is 0. The van der Waals surface area contributed by atoms with Gasteiger partial charge in [-0.2, -0.15) is 13.2 Å². The maximum atomic E-state index is 14.9. The lowest BCUT2D eigenvalue weighted by Crippen LogP contribution is -2.26. The van der Waals surface area contributed by atoms with E-state index in [4.69, 9.17) is 4.74 Å². The first-order valence-corrected chi connectivity index (χ1v) is 10.9. The van der Waals surface area contributed by atoms with Crippen molar-refractivity contribution in [2.24, 2.45) is 17.8 Å². The number of nitrogens with zero attached hydrogens (tertiary/aromatic N) is 1. The highest BCUT2D eigenvalue weighted by Crippen LogP contribution is 2.53. The molecule has 2 aliphatic rings. The molecule has 1 aromatic carbocycles. The van der Waals surface area contributed by atoms with E-state index < -0.39 is 36.2 Å². The van der Waals surface area contributed by atoms with Gasteiger partial charge in [-0.1, -0.05) is 12.7 Å². The zero-order valence-corrected chi connectivity index (χ0v) is 18.7. The number of aromatic nitrogens is 1. The van der Waals surface area contributed by atoms with Crippen LogP contribution in [-0.4, -0.2) is 48.3 Å². The van der Waals surface area contributed by atoms with Crippen molar-refractivity contribution < 1.29 is 35.9 Å². The number of H-pyrrole nitrogens is 1. The average molecular weight is 499 g/mol. The summed E-state index contributed by atoms with van der Waals surface area (Å²) < 4.78 is 83.3. The van der Waals surface area contributed by atoms with Crippen LogP contribution in [0.25, 0.3) is 10.9 Å². The first-order chi connectivity index (χ1) is 16.5. The Morgan fingerprint density at radius 2 is 1.91 bits per heavy atom. The number of halogens is 6. The number of piperidine rings is 1. The molecule has 188 valence electrons. The van der Waals surface area contributed by atoms with Gasteiger partial charge in [0.05, 0.1) is 23.5 Å². The van der Waals surface area contributed by atoms with Gasteiger partial charge in [0.25, 0.3) is 5.91 Å². The molecule has 0 spiro atoms. The molecule has 1 saturated carbocycles. The second kappa shape index (κ2) is 9.44. The number of likely N-dealkylation sites (tertiary alicyclic amines) is 1. The van der Waals surface area contributed by atoms with E-state index in [1.807, 2.05) is 0 Å². The molecule has 2 heterocycles. The van der Waals surface area contributed by atoms with Gasteiger partial charge in [-0.15, -0.1) is 0 Å². The molecule has 2 aromatic rings. The van der Waals surface area contributed by atoms with E-state index in [9.17, 15) is 31.1 Å². The SMILES string of the molecule is C=C(/C(F)=C\C(=C/C)C(=O)Nc1c[nH]c2cc(F)c(F)cc12)N1C[C@@H]2[C@@H](COCC(F)(F)F)[C@@H]2C1. The quantitative estimate of drug-likeness (QED) is 0.288. The van der Waals surface area contributed by atoms with Crippen LogP contribution in [-0.2, 0) is 9.53 Å². The van der Waals surface area contributed by atoms with E-state index >= 15 is 0 Å². The third kappa shape index (κ3) is 5.39. The molecule has 0 bridgehead atoms. The normalized spacial score (nSPS) is 22.5. The van der Waals surface area contributed by atoms with Crippen molar-refractivity contribution in [1.82, 2.24) is 9.88 Å². The molecule has 11 heteroatoms. The molecule has 3 atom stereocenters. The molecule has 0 unspecified atom stereocenters. The standard InChI is InChI=1S/C24H23F6N3O2/c1-3-13(23(34)32-22-7-31-21-6-20(27)19(26)5-14(21)22)4-18(25)12(2)33-8-15-16(9-33)17(15)10-35-11-24(28,29)30/h3-7,15-17,31H,2,8-11H2,1H3,(H,32,34)/b13-3+,18-4+/t15-,16+,17+. The second-order valence-corrected chi connectivity index (χ2v) is 8.68. The zero-order valence-electron chi connectivity index (χ0n) is 18.7. The number of aromatic amines is 1. The van der Waals surface area contributed by atoms with Gasteiger partial charge in [-0.05, 0) is 36.8 Å². The predicted molar refractivity (Wildman–Crippen MR) is 118 cm³/mol. The smallest absolute Gasteiger partial charge is 0.372 e. The molecule has 1 aliphatic heterocycles. The lowest BCUT2D eigenvalue weighted by Gasteiger charge is -2.23. The van der Waals surface area contributed by atoms with Crippen molar-refractivity contribution in [1.29, 1.82) is 0 Å². The molecule has 1 aromatic heterocycles. The Kier molecular flexibility index (Phi) is 6.72. The van der Waals surface area contributed by atoms with Crippen LogP contribution in [0.1, 0.15) is 6.92 Å². The maximum absolute atomic E-state index is 14.9. The Morgan fingerprint density at radius 3 is 2.54 bits per heavy atom. The van der Waals surface area contributed by atoms with Crippen LogP contribution in [0, 0.1) is 29.4 Å². The number of alkyl halides is 3. The molecule has 0 radical (unpaired) electrons. The van der Waals surface area contributed by atoms with Crippen molar-refractivity contribution in [2.75, 3.05) is 31.6 Å². The largest absolute Gasteiger partial charge is 0.411 e. The van der Waals surface area contributed by atoms with Crippen molar-refractivity contribution in [2.45, 2.75) is 13.1 Å². The number of fused-ring (bicyclic) bond motifs is 2. The third-order valence-electron chi connectivity index (χ3n) is 6.43. The summed E-state index contributed by atoms with van der Waals surface area (Å²) in [4.78, 5) is 17.1. The number of nitrogens with one attached hydrogen (secondary N) is 2. The summed E-state index contributed by atoms with van der Waals surface area (Å²) in [7, 11) is 0. The molecule has 1 aliphatic carbocycles. The van der Waals surface area contributed by atoms with Crippen LogP contribution in [0.3, 0.4) is 0 Å². The van der Waals surface area contributed by atoms with Crippen LogP contribution in [0.5, 0.6) is 0 Å². The number of carbonyl (C=O) groups is 1. The fourth-order valence-corrected chi connectivity index (χ4v) is 4.49. The fraction of sp³-hybridized carbons (Fsp3) is 0.375. The van der Waals surface area contributed by atoms with E-state index in [-0.39, 0.29) is 52.2 Å². The number of ether oxygens (including phenoxy) is 1. The van der Waals surface area contributed by atoms with Crippen molar-refractivity contribution >= 4 is 22.5 Å². The minimum atomic E-state index is -4.36. The summed E-state index contributed by atoms with van der Waals surface area (Å²) in [6.07, 6.45) is -0.566. The number of benzene rings is 1. The van der Waals surface area contributed by atoms with E-state index in [1.54, 1.807) is 11.8 Å². The van der Waals surface area contributed by atoms with E-state index in [1.165, 1.54) is 12.3 Å². The second-order valence-electron chi connectivity index (χ2n) is 8.68. The number of carbonyl (C=O) groups excluding carboxylic acids is 1. The molecular weight excluding hydrogens is 476 g/mol. The molecule has 5 nitrogen and oxygen atoms in total. The van der Waals surface area contributed by atoms with Crippen molar-refractivity contribution in [3.63, 3.8) is 0 Å². The molecule has 1 saturated heterocycles. The fourth-order valence-electron chi connectivity index (χ4n) is 4.49. The molecule has 2 fully saturated rings. The van der Waals surface area contributed by atoms with Gasteiger partial charge < -0.3 is 19.9 Å². The molecular formula is C24H23F6N3O2. The molecule has 35 heavy (non-hydrogen) atoms. The Morgan fingerprint density at radius 1 is 1.26 bits per heavy atom. The Hall–Kier alpha value is -3.21. The summed E-state index contributed by atoms with van der Waals surface area (Å²) in [5, 5.41) is 2.81.